The second kappa shape index (κ2) is 6.74. The number of nitrogens with one attached hydrogen (secondary N) is 2. The Kier molecular flexibility index (Phi) is 4.51. The zero-order valence-electron chi connectivity index (χ0n) is 13.9. The van der Waals surface area contributed by atoms with Crippen LogP contribution >= 0.6 is 0 Å². The predicted octanol–water partition coefficient (Wildman–Crippen LogP) is 3.23. The maximum Gasteiger partial charge on any atom is 0.319 e. The molecule has 1 fully saturated rings. The van der Waals surface area contributed by atoms with Crippen molar-refractivity contribution in [1.29, 1.82) is 0 Å². The molecule has 0 aromatic heterocycles. The van der Waals surface area contributed by atoms with E-state index in [-0.39, 0.29) is 11.9 Å². The predicted molar refractivity (Wildman–Crippen MR) is 95.3 cm³/mol. The average Bonchev–Trinajstić information content (AvgIpc) is 2.92. The first kappa shape index (κ1) is 16.1. The average molecular weight is 323 g/mol. The van der Waals surface area contributed by atoms with Crippen LogP contribution in [0.1, 0.15) is 17.5 Å². The normalized spacial score (nSPS) is 17.0. The summed E-state index contributed by atoms with van der Waals surface area (Å²) >= 11 is 0. The number of para-hydroxylation sites is 1. The molecule has 0 saturated carbocycles. The van der Waals surface area contributed by atoms with Crippen molar-refractivity contribution in [3.63, 3.8) is 0 Å². The standard InChI is InChI=1S/C19H21N3O2/c1-13-8-9-16(14(2)12-13)20-19(24)21-17-10-11-22(18(17)23)15-6-4-3-5-7-15/h3-9,12,17H,10-11H2,1-2H3,(H2,20,21,24)/t17-/m0/s1. The molecule has 24 heavy (non-hydrogen) atoms. The van der Waals surface area contributed by atoms with Crippen LogP contribution in [0.4, 0.5) is 16.2 Å². The summed E-state index contributed by atoms with van der Waals surface area (Å²) in [5.41, 5.74) is 3.75. The van der Waals surface area contributed by atoms with Crippen LogP contribution in [0.25, 0.3) is 0 Å². The number of rotatable bonds is 3. The van der Waals surface area contributed by atoms with Gasteiger partial charge in [0.2, 0.25) is 5.91 Å². The highest BCUT2D eigenvalue weighted by Crippen LogP contribution is 2.21. The number of carbonyl (C=O) groups excluding carboxylic acids is 2. The molecule has 5 nitrogen and oxygen atoms in total. The van der Waals surface area contributed by atoms with E-state index in [2.05, 4.69) is 10.6 Å². The third-order valence-electron chi connectivity index (χ3n) is 4.21. The number of benzene rings is 2. The Hall–Kier alpha value is -2.82. The zero-order valence-corrected chi connectivity index (χ0v) is 13.9. The SMILES string of the molecule is Cc1ccc(NC(=O)N[C@H]2CCN(c3ccccc3)C2=O)c(C)c1. The van der Waals surface area contributed by atoms with Gasteiger partial charge in [0.15, 0.2) is 0 Å². The molecule has 2 N–H and O–H groups in total. The molecule has 1 saturated heterocycles. The van der Waals surface area contributed by atoms with Crippen LogP contribution in [0, 0.1) is 13.8 Å². The highest BCUT2D eigenvalue weighted by atomic mass is 16.2. The number of anilines is 2. The third kappa shape index (κ3) is 3.40. The molecule has 1 heterocycles. The van der Waals surface area contributed by atoms with Crippen molar-refractivity contribution in [3.8, 4) is 0 Å². The van der Waals surface area contributed by atoms with E-state index in [1.807, 2.05) is 62.4 Å². The number of nitrogens with zero attached hydrogens (tertiary/aromatic N) is 1. The van der Waals surface area contributed by atoms with E-state index < -0.39 is 6.04 Å². The second-order valence-electron chi connectivity index (χ2n) is 6.08. The van der Waals surface area contributed by atoms with E-state index in [1.54, 1.807) is 4.90 Å². The van der Waals surface area contributed by atoms with E-state index in [1.165, 1.54) is 0 Å². The fraction of sp³-hybridized carbons (Fsp3) is 0.263. The molecule has 1 aliphatic rings. The fourth-order valence-electron chi connectivity index (χ4n) is 2.95. The Labute approximate surface area is 141 Å². The van der Waals surface area contributed by atoms with Gasteiger partial charge in [-0.15, -0.1) is 0 Å². The summed E-state index contributed by atoms with van der Waals surface area (Å²) in [4.78, 5) is 26.4. The van der Waals surface area contributed by atoms with Crippen molar-refractivity contribution in [3.05, 3.63) is 59.7 Å². The number of urea groups is 1. The van der Waals surface area contributed by atoms with Crippen LogP contribution < -0.4 is 15.5 Å². The molecular weight excluding hydrogens is 302 g/mol. The molecular formula is C19H21N3O2. The lowest BCUT2D eigenvalue weighted by Crippen LogP contribution is -2.43. The van der Waals surface area contributed by atoms with Gasteiger partial charge < -0.3 is 15.5 Å². The Morgan fingerprint density at radius 3 is 2.58 bits per heavy atom. The van der Waals surface area contributed by atoms with E-state index in [4.69, 9.17) is 0 Å². The smallest absolute Gasteiger partial charge is 0.319 e. The van der Waals surface area contributed by atoms with Crippen LogP contribution in [0.5, 0.6) is 0 Å². The number of hydrogen-bond acceptors (Lipinski definition) is 2. The topological polar surface area (TPSA) is 61.4 Å². The van der Waals surface area contributed by atoms with Gasteiger partial charge >= 0.3 is 6.03 Å². The van der Waals surface area contributed by atoms with E-state index in [0.29, 0.717) is 13.0 Å². The zero-order chi connectivity index (χ0) is 17.1. The fourth-order valence-corrected chi connectivity index (χ4v) is 2.95. The van der Waals surface area contributed by atoms with E-state index >= 15 is 0 Å². The molecule has 124 valence electrons. The van der Waals surface area contributed by atoms with Crippen molar-refractivity contribution in [2.45, 2.75) is 26.3 Å². The summed E-state index contributed by atoms with van der Waals surface area (Å²) < 4.78 is 0. The lowest BCUT2D eigenvalue weighted by molar-refractivity contribution is -0.118. The summed E-state index contributed by atoms with van der Waals surface area (Å²) in [5.74, 6) is -0.0722. The summed E-state index contributed by atoms with van der Waals surface area (Å²) in [6.45, 7) is 4.56. The molecule has 0 radical (unpaired) electrons. The minimum absolute atomic E-state index is 0.0722. The molecule has 0 unspecified atom stereocenters. The Bertz CT molecular complexity index is 758. The van der Waals surface area contributed by atoms with Gasteiger partial charge in [-0.3, -0.25) is 4.79 Å². The maximum absolute atomic E-state index is 12.5. The molecule has 1 atom stereocenters. The lowest BCUT2D eigenvalue weighted by atomic mass is 10.1. The molecule has 5 heteroatoms. The summed E-state index contributed by atoms with van der Waals surface area (Å²) in [5, 5.41) is 5.60. The summed E-state index contributed by atoms with van der Waals surface area (Å²) in [7, 11) is 0. The van der Waals surface area contributed by atoms with Gasteiger partial charge in [-0.2, -0.15) is 0 Å². The first-order chi connectivity index (χ1) is 11.5. The van der Waals surface area contributed by atoms with Gasteiger partial charge in [0.25, 0.3) is 0 Å². The van der Waals surface area contributed by atoms with E-state index in [9.17, 15) is 9.59 Å². The van der Waals surface area contributed by atoms with Crippen LogP contribution in [0.3, 0.4) is 0 Å². The van der Waals surface area contributed by atoms with Gasteiger partial charge in [0.1, 0.15) is 6.04 Å². The number of carbonyl (C=O) groups is 2. The van der Waals surface area contributed by atoms with Crippen molar-refractivity contribution >= 4 is 23.3 Å². The number of amides is 3. The van der Waals surface area contributed by atoms with Gasteiger partial charge in [-0.1, -0.05) is 35.9 Å². The van der Waals surface area contributed by atoms with Crippen LogP contribution in [0.2, 0.25) is 0 Å². The van der Waals surface area contributed by atoms with Crippen LogP contribution in [-0.4, -0.2) is 24.5 Å². The highest BCUT2D eigenvalue weighted by molar-refractivity contribution is 6.02. The van der Waals surface area contributed by atoms with Crippen molar-refractivity contribution in [2.75, 3.05) is 16.8 Å². The molecule has 3 amide bonds. The van der Waals surface area contributed by atoms with Crippen LogP contribution in [0.15, 0.2) is 48.5 Å². The number of hydrogen-bond donors (Lipinski definition) is 2. The third-order valence-corrected chi connectivity index (χ3v) is 4.21. The molecule has 0 spiro atoms. The van der Waals surface area contributed by atoms with Gasteiger partial charge in [0, 0.05) is 17.9 Å². The van der Waals surface area contributed by atoms with Gasteiger partial charge in [-0.25, -0.2) is 4.79 Å². The minimum atomic E-state index is -0.490. The molecule has 2 aromatic rings. The highest BCUT2D eigenvalue weighted by Gasteiger charge is 2.33. The number of aryl methyl sites for hydroxylation is 2. The second-order valence-corrected chi connectivity index (χ2v) is 6.08. The largest absolute Gasteiger partial charge is 0.326 e. The van der Waals surface area contributed by atoms with Crippen molar-refractivity contribution < 1.29 is 9.59 Å². The monoisotopic (exact) mass is 323 g/mol. The quantitative estimate of drug-likeness (QED) is 0.911. The molecule has 1 aliphatic heterocycles. The van der Waals surface area contributed by atoms with Gasteiger partial charge in [0.05, 0.1) is 0 Å². The lowest BCUT2D eigenvalue weighted by Gasteiger charge is -2.17. The van der Waals surface area contributed by atoms with Crippen molar-refractivity contribution in [1.82, 2.24) is 5.32 Å². The Morgan fingerprint density at radius 2 is 1.88 bits per heavy atom. The van der Waals surface area contributed by atoms with Crippen LogP contribution in [-0.2, 0) is 4.79 Å². The Morgan fingerprint density at radius 1 is 1.12 bits per heavy atom. The van der Waals surface area contributed by atoms with E-state index in [0.717, 1.165) is 22.5 Å². The first-order valence-electron chi connectivity index (χ1n) is 8.06. The van der Waals surface area contributed by atoms with Crippen molar-refractivity contribution in [2.24, 2.45) is 0 Å². The molecule has 3 rings (SSSR count). The summed E-state index contributed by atoms with van der Waals surface area (Å²) in [6, 6.07) is 14.5. The minimum Gasteiger partial charge on any atom is -0.326 e. The summed E-state index contributed by atoms with van der Waals surface area (Å²) in [6.07, 6.45) is 0.605. The molecule has 0 bridgehead atoms. The molecule has 2 aromatic carbocycles. The Balaban J connectivity index is 1.62. The maximum atomic E-state index is 12.5. The first-order valence-corrected chi connectivity index (χ1v) is 8.06. The van der Waals surface area contributed by atoms with Gasteiger partial charge in [-0.05, 0) is 44.0 Å². The molecule has 0 aliphatic carbocycles.